The number of hydrogen-bond acceptors (Lipinski definition) is 13. The number of rotatable bonds is 24. The number of allylic oxidation sites excluding steroid dienone is 4. The van der Waals surface area contributed by atoms with E-state index in [-0.39, 0.29) is 60.3 Å². The number of aliphatic hydroxyl groups is 1. The number of unbranched alkanes of at least 4 members (excludes halogenated alkanes) is 2. The number of ether oxygens (including phenoxy) is 5. The topological polar surface area (TPSA) is 206 Å². The molecular weight excluding hydrogens is 1160 g/mol. The van der Waals surface area contributed by atoms with Gasteiger partial charge < -0.3 is 48.8 Å². The number of hydrogen-bond donors (Lipinski definition) is 3. The van der Waals surface area contributed by atoms with E-state index in [2.05, 4.69) is 56.5 Å². The van der Waals surface area contributed by atoms with Gasteiger partial charge in [-0.2, -0.15) is 11.8 Å². The van der Waals surface area contributed by atoms with Gasteiger partial charge >= 0.3 is 12.1 Å². The Morgan fingerprint density at radius 3 is 2.35 bits per heavy atom. The Bertz CT molecular complexity index is 2840. The van der Waals surface area contributed by atoms with Crippen LogP contribution in [-0.2, 0) is 54.9 Å². The Labute approximate surface area is 532 Å². The van der Waals surface area contributed by atoms with Crippen molar-refractivity contribution in [1.29, 1.82) is 0 Å². The van der Waals surface area contributed by atoms with E-state index in [1.807, 2.05) is 73.7 Å². The van der Waals surface area contributed by atoms with Crippen molar-refractivity contribution in [2.24, 2.45) is 17.8 Å². The molecule has 2 aromatic carbocycles. The number of nitrogens with one attached hydrogen (secondary N) is 2. The molecule has 4 aliphatic heterocycles. The summed E-state index contributed by atoms with van der Waals surface area (Å²) in [4.78, 5) is 88.2. The highest BCUT2D eigenvalue weighted by Crippen LogP contribution is 2.49. The lowest BCUT2D eigenvalue weighted by Gasteiger charge is -2.42. The molecule has 5 amide bonds. The molecule has 0 aromatic heterocycles. The molecular formula is C69H98ClN5O12S. The van der Waals surface area contributed by atoms with Crippen molar-refractivity contribution in [3.63, 3.8) is 0 Å². The smallest absolute Gasteiger partial charge is 0.409 e. The fourth-order valence-corrected chi connectivity index (χ4v) is 13.1. The molecule has 0 spiro atoms. The fourth-order valence-electron chi connectivity index (χ4n) is 12.0. The first-order valence-electron chi connectivity index (χ1n) is 31.6. The average Bonchev–Trinajstić information content (AvgIpc) is 1.58. The number of epoxide rings is 1. The van der Waals surface area contributed by atoms with Gasteiger partial charge in [0.05, 0.1) is 29.5 Å². The van der Waals surface area contributed by atoms with Crippen molar-refractivity contribution in [2.75, 3.05) is 57.3 Å². The van der Waals surface area contributed by atoms with Gasteiger partial charge in [0.25, 0.3) is 0 Å². The monoisotopic (exact) mass is 1260 g/mol. The second-order valence-corrected chi connectivity index (χ2v) is 26.3. The second-order valence-electron chi connectivity index (χ2n) is 24.8. The number of piperidine rings is 1. The third-order valence-electron chi connectivity index (χ3n) is 17.6. The van der Waals surface area contributed by atoms with E-state index in [0.717, 1.165) is 68.1 Å². The maximum Gasteiger partial charge on any atom is 0.409 e. The number of halogens is 1. The lowest BCUT2D eigenvalue weighted by Crippen LogP contribution is -2.63. The van der Waals surface area contributed by atoms with Crippen LogP contribution in [0.25, 0.3) is 0 Å². The molecule has 0 saturated carbocycles. The maximum absolute atomic E-state index is 14.7. The van der Waals surface area contributed by atoms with Crippen LogP contribution in [0.4, 0.5) is 10.5 Å². The summed E-state index contributed by atoms with van der Waals surface area (Å²) in [5.41, 5.74) is -0.553. The van der Waals surface area contributed by atoms with Crippen LogP contribution in [0.3, 0.4) is 0 Å². The second kappa shape index (κ2) is 33.8. The fraction of sp³-hybridized carbons (Fsp3) is 0.594. The van der Waals surface area contributed by atoms with Gasteiger partial charge in [-0.15, -0.1) is 0 Å². The van der Waals surface area contributed by atoms with Gasteiger partial charge in [0.1, 0.15) is 47.3 Å². The number of methoxy groups -OCH3 is 1. The number of alkyl carbamates (subject to hydrolysis) is 1. The molecule has 3 saturated heterocycles. The van der Waals surface area contributed by atoms with E-state index in [1.165, 1.54) is 35.7 Å². The molecule has 3 fully saturated rings. The summed E-state index contributed by atoms with van der Waals surface area (Å²) in [7, 11) is 4.54. The molecule has 2 aromatic rings. The number of carbonyl (C=O) groups excluding carboxylic acids is 6. The first-order valence-corrected chi connectivity index (χ1v) is 33.2. The highest BCUT2D eigenvalue weighted by molar-refractivity contribution is 7.99. The van der Waals surface area contributed by atoms with Crippen LogP contribution in [0.15, 0.2) is 103 Å². The van der Waals surface area contributed by atoms with Gasteiger partial charge in [-0.1, -0.05) is 162 Å². The Morgan fingerprint density at radius 1 is 1.00 bits per heavy atom. The molecule has 0 aliphatic carbocycles. The molecule has 17 nitrogen and oxygen atoms in total. The minimum Gasteiger partial charge on any atom is -0.488 e. The number of fused-ring (bicyclic) bond motifs is 5. The van der Waals surface area contributed by atoms with E-state index in [9.17, 15) is 33.9 Å². The Hall–Kier alpha value is -5.92. The van der Waals surface area contributed by atoms with Crippen molar-refractivity contribution in [1.82, 2.24) is 20.4 Å². The van der Waals surface area contributed by atoms with Gasteiger partial charge in [-0.25, -0.2) is 9.59 Å². The SMILES string of the molecule is CCCCC(CCC)(NC(=O)C1CCN(C(=O)CSCCC(=O)N(C)[C@H](C)C(=O)O[C@H]2CC(=O)N(C)c3cc(cc(OC/C=C\CCCC(C)C)c3Cl)C/C(C)=C/C=C/[C@@H](OC)[C@@]3(O)C[C@H](OC(=O)N3)[C@@H](C)[C@@H]3O[C@@]23C)CC1)c1ccccccccc1. The van der Waals surface area contributed by atoms with Gasteiger partial charge in [0, 0.05) is 64.7 Å². The molecule has 9 atom stereocenters. The van der Waals surface area contributed by atoms with Crippen LogP contribution in [0, 0.1) is 17.8 Å². The van der Waals surface area contributed by atoms with E-state index in [4.69, 9.17) is 35.3 Å². The van der Waals surface area contributed by atoms with Gasteiger partial charge in [0.15, 0.2) is 5.72 Å². The highest BCUT2D eigenvalue weighted by Gasteiger charge is 2.64. The molecule has 88 heavy (non-hydrogen) atoms. The molecule has 19 heteroatoms. The van der Waals surface area contributed by atoms with Crippen molar-refractivity contribution in [3.8, 4) is 5.75 Å². The zero-order chi connectivity index (χ0) is 64.2. The number of thioether (sulfide) groups is 1. The van der Waals surface area contributed by atoms with Crippen molar-refractivity contribution >= 4 is 64.7 Å². The third-order valence-corrected chi connectivity index (χ3v) is 19.0. The average molecular weight is 1260 g/mol. The summed E-state index contributed by atoms with van der Waals surface area (Å²) < 4.78 is 30.5. The first kappa shape index (κ1) is 71.2. The van der Waals surface area contributed by atoms with Crippen LogP contribution in [0.1, 0.15) is 150 Å². The number of likely N-dealkylation sites (N-methyl/N-ethyl adjacent to an activating group) is 1. The molecule has 0 radical (unpaired) electrons. The highest BCUT2D eigenvalue weighted by atomic mass is 35.5. The molecule has 484 valence electrons. The van der Waals surface area contributed by atoms with Gasteiger partial charge in [0.2, 0.25) is 23.6 Å². The summed E-state index contributed by atoms with van der Waals surface area (Å²) in [5, 5.41) is 18.3. The van der Waals surface area contributed by atoms with E-state index >= 15 is 0 Å². The van der Waals surface area contributed by atoms with Gasteiger partial charge in [-0.3, -0.25) is 24.5 Å². The summed E-state index contributed by atoms with van der Waals surface area (Å²) in [6.45, 7) is 16.9. The summed E-state index contributed by atoms with van der Waals surface area (Å²) >= 11 is 8.45. The van der Waals surface area contributed by atoms with Gasteiger partial charge in [-0.05, 0) is 94.9 Å². The Morgan fingerprint density at radius 2 is 1.69 bits per heavy atom. The van der Waals surface area contributed by atoms with Crippen LogP contribution < -0.4 is 20.3 Å². The number of likely N-dealkylation sites (tertiary alicyclic amines) is 1. The largest absolute Gasteiger partial charge is 0.488 e. The normalized spacial score (nSPS) is 25.4. The Kier molecular flexibility index (Phi) is 27.3. The van der Waals surface area contributed by atoms with Crippen LogP contribution >= 0.6 is 23.4 Å². The number of nitrogens with zero attached hydrogens (tertiary/aromatic N) is 3. The molecule has 4 bridgehead atoms. The summed E-state index contributed by atoms with van der Waals surface area (Å²) in [6, 6.07) is 20.7. The molecule has 3 N–H and O–H groups in total. The zero-order valence-corrected chi connectivity index (χ0v) is 55.4. The number of anilines is 1. The van der Waals surface area contributed by atoms with Crippen molar-refractivity contribution in [3.05, 3.63) is 119 Å². The van der Waals surface area contributed by atoms with E-state index < -0.39 is 71.2 Å². The zero-order valence-electron chi connectivity index (χ0n) is 53.9. The van der Waals surface area contributed by atoms with Crippen LogP contribution in [-0.4, -0.2) is 145 Å². The predicted molar refractivity (Wildman–Crippen MR) is 347 cm³/mol. The van der Waals surface area contributed by atoms with Crippen LogP contribution in [0.5, 0.6) is 5.75 Å². The van der Waals surface area contributed by atoms with E-state index in [1.54, 1.807) is 44.9 Å². The number of carbonyl (C=O) groups is 6. The lowest BCUT2D eigenvalue weighted by atomic mass is 9.80. The summed E-state index contributed by atoms with van der Waals surface area (Å²) in [5.74, 6) is -1.01. The Balaban J connectivity index is 1.11. The van der Waals surface area contributed by atoms with Crippen molar-refractivity contribution in [2.45, 2.75) is 193 Å². The standard InChI is InChI=1S/C69H98ClN5O12S/c1-12-14-36-68(35-13-2,53-29-23-18-16-15-17-19-24-30-53)71-64(79)52-32-37-75(38-33-52)61(78)46-88-40-34-59(76)73(9)50(7)65(80)86-58-44-60(77)74(10)54-42-51(43-55(62(54)70)84-39-25-21-20-22-27-47(3)4)41-48(5)28-26-31-57(83-11)69(82)45-56(85-66(81)72-69)49(6)63-67(58,8)87-63/h15-19,21,23-26,28-31,42-43,47,49-50,52,56-58,63,82H,12-14,20,22,27,32-41,44-46H2,1-11H3,(H,71,79)(H,72,81)/b16-15?,17-15?,18-16?,19-17?,23-18?,24-19?,25-21-,29-23?,30-24?,31-26+,48-28+,53-29?,53-30?/t49-,50-,56+,57-,58+,63+,67+,68?,69+/m1/s1. The quantitative estimate of drug-likeness (QED) is 0.0388. The minimum absolute atomic E-state index is 0.0154. The minimum atomic E-state index is -1.88. The third kappa shape index (κ3) is 19.5. The maximum atomic E-state index is 14.7. The number of benzene rings is 1. The first-order chi connectivity index (χ1) is 42.0. The van der Waals surface area contributed by atoms with Crippen LogP contribution in [0.2, 0.25) is 5.02 Å². The van der Waals surface area contributed by atoms with Crippen molar-refractivity contribution < 1.29 is 57.6 Å². The molecule has 6 rings (SSSR count). The number of esters is 1. The molecule has 1 unspecified atom stereocenters. The summed E-state index contributed by atoms with van der Waals surface area (Å²) in [6.07, 6.45) is 13.3. The number of amides is 5. The van der Waals surface area contributed by atoms with E-state index in [0.29, 0.717) is 55.5 Å². The molecule has 4 heterocycles. The predicted octanol–water partition coefficient (Wildman–Crippen LogP) is 11.8. The lowest BCUT2D eigenvalue weighted by molar-refractivity contribution is -0.162. The molecule has 4 aliphatic rings.